The van der Waals surface area contributed by atoms with Gasteiger partial charge in [0, 0.05) is 6.04 Å². The van der Waals surface area contributed by atoms with Crippen LogP contribution in [-0.2, 0) is 0 Å². The van der Waals surface area contributed by atoms with Crippen molar-refractivity contribution in [3.63, 3.8) is 0 Å². The highest BCUT2D eigenvalue weighted by atomic mass is 16.3. The van der Waals surface area contributed by atoms with Gasteiger partial charge in [0.2, 0.25) is 0 Å². The smallest absolute Gasteiger partial charge is 0.0577 e. The quantitative estimate of drug-likeness (QED) is 0.115. The lowest BCUT2D eigenvalue weighted by Gasteiger charge is -2.62. The lowest BCUT2D eigenvalue weighted by atomic mass is 9.43. The van der Waals surface area contributed by atoms with Crippen molar-refractivity contribution >= 4 is 0 Å². The minimum Gasteiger partial charge on any atom is -0.393 e. The van der Waals surface area contributed by atoms with Gasteiger partial charge in [-0.15, -0.1) is 0 Å². The van der Waals surface area contributed by atoms with Crippen LogP contribution in [-0.4, -0.2) is 56.5 Å². The molecule has 5 unspecified atom stereocenters. The molecule has 0 bridgehead atoms. The van der Waals surface area contributed by atoms with Gasteiger partial charge < -0.3 is 26.8 Å². The summed E-state index contributed by atoms with van der Waals surface area (Å²) in [6, 6.07) is 0.588. The molecule has 0 radical (unpaired) electrons. The summed E-state index contributed by atoms with van der Waals surface area (Å²) in [7, 11) is 0. The first kappa shape index (κ1) is 34.7. The van der Waals surface area contributed by atoms with Crippen LogP contribution in [0.5, 0.6) is 0 Å². The van der Waals surface area contributed by atoms with Gasteiger partial charge in [0.1, 0.15) is 0 Å². The highest BCUT2D eigenvalue weighted by Crippen LogP contribution is 2.68. The van der Waals surface area contributed by atoms with E-state index in [2.05, 4.69) is 50.6 Å². The summed E-state index contributed by atoms with van der Waals surface area (Å²) in [6.45, 7) is 18.9. The van der Waals surface area contributed by atoms with Crippen LogP contribution in [0.1, 0.15) is 131 Å². The molecular weight excluding hydrogens is 516 g/mol. The minimum atomic E-state index is -0.0998. The van der Waals surface area contributed by atoms with Crippen molar-refractivity contribution in [3.8, 4) is 0 Å². The molecular formula is C37H72N4O. The second kappa shape index (κ2) is 16.4. The third kappa shape index (κ3) is 8.33. The number of hydrogen-bond donors (Lipinski definition) is 5. The fraction of sp³-hybridized carbons (Fsp3) is 1.00. The molecule has 0 heterocycles. The summed E-state index contributed by atoms with van der Waals surface area (Å²) in [5, 5.41) is 22.7. The molecule has 6 N–H and O–H groups in total. The normalized spacial score (nSPS) is 38.7. The van der Waals surface area contributed by atoms with E-state index in [1.165, 1.54) is 83.5 Å². The van der Waals surface area contributed by atoms with Crippen LogP contribution in [0.3, 0.4) is 0 Å². The van der Waals surface area contributed by atoms with Crippen LogP contribution in [0, 0.1) is 52.3 Å². The average molecular weight is 589 g/mol. The first-order valence-corrected chi connectivity index (χ1v) is 18.7. The first-order chi connectivity index (χ1) is 20.2. The molecule has 0 aromatic rings. The molecule has 5 heteroatoms. The van der Waals surface area contributed by atoms with Gasteiger partial charge in [-0.1, -0.05) is 53.9 Å². The summed E-state index contributed by atoms with van der Waals surface area (Å²) in [4.78, 5) is 0. The largest absolute Gasteiger partial charge is 0.393 e. The summed E-state index contributed by atoms with van der Waals surface area (Å²) >= 11 is 0. The van der Waals surface area contributed by atoms with Gasteiger partial charge in [-0.3, -0.25) is 0 Å². The second-order valence-electron chi connectivity index (χ2n) is 16.5. The highest BCUT2D eigenvalue weighted by Gasteiger charge is 2.62. The Morgan fingerprint density at radius 3 is 2.10 bits per heavy atom. The average Bonchev–Trinajstić information content (AvgIpc) is 3.31. The number of aliphatic hydroxyl groups is 1. The monoisotopic (exact) mass is 589 g/mol. The maximum atomic E-state index is 11.7. The SMILES string of the molecule is CC(C)CCCC(C)[C@H]1CCC2C3CC(O)[C@H]4C[C@H](NCCCNCCCCNCCCN)CC[C@]4(C)C3CC[C@@]21C. The van der Waals surface area contributed by atoms with Crippen molar-refractivity contribution in [1.82, 2.24) is 16.0 Å². The topological polar surface area (TPSA) is 82.3 Å². The van der Waals surface area contributed by atoms with Crippen LogP contribution < -0.4 is 21.7 Å². The fourth-order valence-corrected chi connectivity index (χ4v) is 11.0. The predicted octanol–water partition coefficient (Wildman–Crippen LogP) is 6.74. The van der Waals surface area contributed by atoms with Crippen molar-refractivity contribution in [1.29, 1.82) is 0 Å². The van der Waals surface area contributed by atoms with Crippen LogP contribution in [0.25, 0.3) is 0 Å². The van der Waals surface area contributed by atoms with Crippen molar-refractivity contribution in [2.75, 3.05) is 39.3 Å². The number of aliphatic hydroxyl groups excluding tert-OH is 1. The Labute approximate surface area is 261 Å². The third-order valence-corrected chi connectivity index (χ3v) is 13.4. The van der Waals surface area contributed by atoms with E-state index in [0.717, 1.165) is 87.6 Å². The summed E-state index contributed by atoms with van der Waals surface area (Å²) in [6.07, 6.45) is 19.4. The molecule has 0 aliphatic heterocycles. The fourth-order valence-electron chi connectivity index (χ4n) is 11.0. The van der Waals surface area contributed by atoms with Crippen molar-refractivity contribution in [2.24, 2.45) is 58.0 Å². The molecule has 5 nitrogen and oxygen atoms in total. The van der Waals surface area contributed by atoms with Crippen molar-refractivity contribution in [3.05, 3.63) is 0 Å². The van der Waals surface area contributed by atoms with Gasteiger partial charge in [0.15, 0.2) is 0 Å². The van der Waals surface area contributed by atoms with E-state index < -0.39 is 0 Å². The Balaban J connectivity index is 1.19. The van der Waals surface area contributed by atoms with E-state index in [1.807, 2.05) is 0 Å². The summed E-state index contributed by atoms with van der Waals surface area (Å²) < 4.78 is 0. The molecule has 0 aromatic heterocycles. The second-order valence-corrected chi connectivity index (χ2v) is 16.5. The Bertz CT molecular complexity index is 777. The number of nitrogens with one attached hydrogen (secondary N) is 3. The molecule has 10 atom stereocenters. The zero-order chi connectivity index (χ0) is 30.2. The minimum absolute atomic E-state index is 0.0998. The molecule has 4 aliphatic carbocycles. The lowest BCUT2D eigenvalue weighted by molar-refractivity contribution is -0.162. The molecule has 4 saturated carbocycles. The Morgan fingerprint density at radius 2 is 1.38 bits per heavy atom. The van der Waals surface area contributed by atoms with Crippen LogP contribution >= 0.6 is 0 Å². The molecule has 0 saturated heterocycles. The summed E-state index contributed by atoms with van der Waals surface area (Å²) in [5.41, 5.74) is 6.39. The van der Waals surface area contributed by atoms with Gasteiger partial charge in [0.25, 0.3) is 0 Å². The Hall–Kier alpha value is -0.200. The van der Waals surface area contributed by atoms with Crippen LogP contribution in [0.2, 0.25) is 0 Å². The molecule has 4 rings (SSSR count). The zero-order valence-electron chi connectivity index (χ0n) is 28.6. The first-order valence-electron chi connectivity index (χ1n) is 18.7. The molecule has 0 spiro atoms. The van der Waals surface area contributed by atoms with Gasteiger partial charge in [-0.2, -0.15) is 0 Å². The number of rotatable bonds is 18. The van der Waals surface area contributed by atoms with E-state index >= 15 is 0 Å². The van der Waals surface area contributed by atoms with Gasteiger partial charge in [-0.25, -0.2) is 0 Å². The number of unbranched alkanes of at least 4 members (excludes halogenated alkanes) is 1. The molecule has 4 fully saturated rings. The number of fused-ring (bicyclic) bond motifs is 5. The molecule has 4 aliphatic rings. The Kier molecular flexibility index (Phi) is 13.5. The van der Waals surface area contributed by atoms with E-state index in [-0.39, 0.29) is 6.10 Å². The molecule has 0 aromatic carbocycles. The van der Waals surface area contributed by atoms with Crippen molar-refractivity contribution < 1.29 is 5.11 Å². The van der Waals surface area contributed by atoms with E-state index in [1.54, 1.807) is 0 Å². The highest BCUT2D eigenvalue weighted by molar-refractivity contribution is 5.11. The maximum Gasteiger partial charge on any atom is 0.0577 e. The molecule has 42 heavy (non-hydrogen) atoms. The van der Waals surface area contributed by atoms with Gasteiger partial charge in [-0.05, 0) is 169 Å². The third-order valence-electron chi connectivity index (χ3n) is 13.4. The van der Waals surface area contributed by atoms with E-state index in [4.69, 9.17) is 5.73 Å². The summed E-state index contributed by atoms with van der Waals surface area (Å²) in [5.74, 6) is 5.51. The van der Waals surface area contributed by atoms with Crippen LogP contribution in [0.4, 0.5) is 0 Å². The van der Waals surface area contributed by atoms with Gasteiger partial charge >= 0.3 is 0 Å². The van der Waals surface area contributed by atoms with Crippen molar-refractivity contribution in [2.45, 2.75) is 143 Å². The van der Waals surface area contributed by atoms with Gasteiger partial charge in [0.05, 0.1) is 6.10 Å². The van der Waals surface area contributed by atoms with E-state index in [9.17, 15) is 5.11 Å². The molecule has 246 valence electrons. The zero-order valence-corrected chi connectivity index (χ0v) is 28.6. The molecule has 0 amide bonds. The maximum absolute atomic E-state index is 11.7. The van der Waals surface area contributed by atoms with E-state index in [0.29, 0.717) is 22.8 Å². The van der Waals surface area contributed by atoms with Crippen LogP contribution in [0.15, 0.2) is 0 Å². The predicted molar refractivity (Wildman–Crippen MR) is 180 cm³/mol. The standard InChI is InChI=1S/C37H72N4O/c1-27(2)11-8-12-28(3)31-13-14-32-30-26-35(42)34-25-29(15-17-37(34,5)33(30)16-18-36(31,32)4)41-24-10-23-40-21-7-6-20-39-22-9-19-38/h27-35,39-42H,6-26,38H2,1-5H3/t28?,29-,30?,31-,32?,33?,34-,35?,36-,37-/m1/s1. The Morgan fingerprint density at radius 1 is 0.714 bits per heavy atom. The lowest BCUT2D eigenvalue weighted by Crippen LogP contribution is -2.59. The number of hydrogen-bond acceptors (Lipinski definition) is 5. The number of nitrogens with two attached hydrogens (primary N) is 1.